The number of fused-ring (bicyclic) bond motifs is 1. The lowest BCUT2D eigenvalue weighted by Crippen LogP contribution is -1.97. The molecule has 0 aromatic heterocycles. The first-order valence-electron chi connectivity index (χ1n) is 7.36. The van der Waals surface area contributed by atoms with E-state index in [-0.39, 0.29) is 6.79 Å². The summed E-state index contributed by atoms with van der Waals surface area (Å²) in [6.45, 7) is 10.1. The van der Waals surface area contributed by atoms with Crippen molar-refractivity contribution in [3.8, 4) is 11.5 Å². The molecule has 0 N–H and O–H groups in total. The van der Waals surface area contributed by atoms with Crippen LogP contribution in [0.2, 0.25) is 0 Å². The molecule has 4 nitrogen and oxygen atoms in total. The molecule has 0 bridgehead atoms. The van der Waals surface area contributed by atoms with Crippen LogP contribution in [-0.4, -0.2) is 19.3 Å². The minimum Gasteiger partial charge on any atom is -0.454 e. The van der Waals surface area contributed by atoms with Crippen LogP contribution in [0.5, 0.6) is 11.5 Å². The zero-order valence-electron chi connectivity index (χ0n) is 13.3. The van der Waals surface area contributed by atoms with Crippen LogP contribution in [0.3, 0.4) is 0 Å². The molecule has 0 amide bonds. The molecule has 0 fully saturated rings. The number of aliphatic imine (C=N–C) groups is 1. The topological polar surface area (TPSA) is 47.9 Å². The maximum atomic E-state index is 11.5. The summed E-state index contributed by atoms with van der Waals surface area (Å²) < 4.78 is 10.7. The predicted octanol–water partition coefficient (Wildman–Crippen LogP) is 4.02. The van der Waals surface area contributed by atoms with Crippen LogP contribution in [0.25, 0.3) is 5.70 Å². The smallest absolute Gasteiger partial charge is 0.231 e. The number of aldehydes is 1. The van der Waals surface area contributed by atoms with Gasteiger partial charge in [0.05, 0.1) is 5.70 Å². The van der Waals surface area contributed by atoms with Crippen molar-refractivity contribution < 1.29 is 14.3 Å². The zero-order valence-corrected chi connectivity index (χ0v) is 13.3. The van der Waals surface area contributed by atoms with Crippen LogP contribution in [0.15, 0.2) is 40.9 Å². The van der Waals surface area contributed by atoms with E-state index in [0.717, 1.165) is 18.3 Å². The Hall–Kier alpha value is -2.36. The normalized spacial score (nSPS) is 15.6. The molecule has 1 aliphatic heterocycles. The van der Waals surface area contributed by atoms with Crippen LogP contribution >= 0.6 is 0 Å². The second kappa shape index (κ2) is 7.07. The molecule has 0 radical (unpaired) electrons. The minimum absolute atomic E-state index is 0.217. The summed E-state index contributed by atoms with van der Waals surface area (Å²) in [5.74, 6) is 1.71. The van der Waals surface area contributed by atoms with E-state index in [9.17, 15) is 4.79 Å². The molecular formula is C18H21NO3. The number of carbonyl (C=O) groups excluding carboxylic acids is 1. The number of rotatable bonds is 6. The molecule has 22 heavy (non-hydrogen) atoms. The summed E-state index contributed by atoms with van der Waals surface area (Å²) in [7, 11) is 0. The third-order valence-corrected chi connectivity index (χ3v) is 3.58. The van der Waals surface area contributed by atoms with Crippen molar-refractivity contribution in [3.05, 3.63) is 41.5 Å². The average Bonchev–Trinajstić information content (AvgIpc) is 2.97. The largest absolute Gasteiger partial charge is 0.454 e. The predicted molar refractivity (Wildman–Crippen MR) is 88.3 cm³/mol. The van der Waals surface area contributed by atoms with Crippen molar-refractivity contribution in [2.75, 3.05) is 6.79 Å². The van der Waals surface area contributed by atoms with Crippen molar-refractivity contribution >= 4 is 18.2 Å². The molecule has 1 heterocycles. The first kappa shape index (κ1) is 16.0. The van der Waals surface area contributed by atoms with Gasteiger partial charge in [-0.25, -0.2) is 0 Å². The summed E-state index contributed by atoms with van der Waals surface area (Å²) in [4.78, 5) is 16.0. The molecule has 1 aromatic rings. The van der Waals surface area contributed by atoms with Gasteiger partial charge in [0.2, 0.25) is 6.79 Å². The highest BCUT2D eigenvalue weighted by Crippen LogP contribution is 2.35. The molecule has 1 atom stereocenters. The van der Waals surface area contributed by atoms with Crippen molar-refractivity contribution in [1.29, 1.82) is 0 Å². The van der Waals surface area contributed by atoms with Crippen LogP contribution in [0.4, 0.5) is 0 Å². The van der Waals surface area contributed by atoms with Gasteiger partial charge in [-0.2, -0.15) is 0 Å². The van der Waals surface area contributed by atoms with Crippen molar-refractivity contribution in [1.82, 2.24) is 0 Å². The maximum absolute atomic E-state index is 11.5. The molecule has 2 rings (SSSR count). The highest BCUT2D eigenvalue weighted by atomic mass is 16.7. The van der Waals surface area contributed by atoms with Crippen LogP contribution in [-0.2, 0) is 4.79 Å². The maximum Gasteiger partial charge on any atom is 0.231 e. The molecule has 0 saturated carbocycles. The Kier molecular flexibility index (Phi) is 5.15. The molecular weight excluding hydrogens is 278 g/mol. The third-order valence-electron chi connectivity index (χ3n) is 3.58. The molecule has 1 aromatic carbocycles. The summed E-state index contributed by atoms with van der Waals surface area (Å²) in [6.07, 6.45) is 3.66. The quantitative estimate of drug-likeness (QED) is 0.345. The molecule has 0 spiro atoms. The van der Waals surface area contributed by atoms with E-state index in [2.05, 4.69) is 25.4 Å². The fourth-order valence-electron chi connectivity index (χ4n) is 2.01. The lowest BCUT2D eigenvalue weighted by atomic mass is 10.0. The number of allylic oxidation sites excluding steroid dienone is 2. The fraction of sp³-hybridized carbons (Fsp3) is 0.333. The molecule has 4 heteroatoms. The lowest BCUT2D eigenvalue weighted by molar-refractivity contribution is -0.104. The van der Waals surface area contributed by atoms with Gasteiger partial charge in [-0.1, -0.05) is 20.4 Å². The number of benzene rings is 1. The summed E-state index contributed by atoms with van der Waals surface area (Å²) in [5, 5.41) is 0. The van der Waals surface area contributed by atoms with Crippen LogP contribution < -0.4 is 9.47 Å². The van der Waals surface area contributed by atoms with Gasteiger partial charge in [-0.15, -0.1) is 0 Å². The molecule has 1 aliphatic rings. The Morgan fingerprint density at radius 1 is 1.41 bits per heavy atom. The average molecular weight is 299 g/mol. The molecule has 1 unspecified atom stereocenters. The van der Waals surface area contributed by atoms with E-state index < -0.39 is 0 Å². The Bertz CT molecular complexity index is 644. The SMILES string of the molecule is C=C(C)/C(C=O)=C(\N=CC(C)CC)c1ccc2c(c1)OCO2. The van der Waals surface area contributed by atoms with E-state index in [1.807, 2.05) is 24.4 Å². The summed E-state index contributed by atoms with van der Waals surface area (Å²) >= 11 is 0. The van der Waals surface area contributed by atoms with Gasteiger partial charge in [0.15, 0.2) is 17.8 Å². The second-order valence-corrected chi connectivity index (χ2v) is 5.39. The molecule has 0 saturated heterocycles. The van der Waals surface area contributed by atoms with Gasteiger partial charge in [-0.05, 0) is 43.0 Å². The number of hydrogen-bond donors (Lipinski definition) is 0. The Morgan fingerprint density at radius 3 is 2.77 bits per heavy atom. The first-order valence-corrected chi connectivity index (χ1v) is 7.36. The third kappa shape index (κ3) is 3.45. The van der Waals surface area contributed by atoms with Crippen molar-refractivity contribution in [3.63, 3.8) is 0 Å². The van der Waals surface area contributed by atoms with E-state index in [4.69, 9.17) is 9.47 Å². The summed E-state index contributed by atoms with van der Waals surface area (Å²) in [6, 6.07) is 5.55. The van der Waals surface area contributed by atoms with E-state index in [1.165, 1.54) is 0 Å². The second-order valence-electron chi connectivity index (χ2n) is 5.39. The van der Waals surface area contributed by atoms with Gasteiger partial charge >= 0.3 is 0 Å². The van der Waals surface area contributed by atoms with Gasteiger partial charge < -0.3 is 9.47 Å². The number of hydrogen-bond acceptors (Lipinski definition) is 4. The van der Waals surface area contributed by atoms with Gasteiger partial charge in [0.1, 0.15) is 0 Å². The van der Waals surface area contributed by atoms with E-state index in [0.29, 0.717) is 34.3 Å². The Labute approximate surface area is 131 Å². The van der Waals surface area contributed by atoms with Gasteiger partial charge in [0, 0.05) is 17.4 Å². The highest BCUT2D eigenvalue weighted by molar-refractivity contribution is 5.94. The monoisotopic (exact) mass is 299 g/mol. The lowest BCUT2D eigenvalue weighted by Gasteiger charge is -2.09. The Morgan fingerprint density at radius 2 is 2.14 bits per heavy atom. The van der Waals surface area contributed by atoms with Crippen LogP contribution in [0, 0.1) is 5.92 Å². The van der Waals surface area contributed by atoms with Crippen molar-refractivity contribution in [2.24, 2.45) is 10.9 Å². The Balaban J connectivity index is 2.51. The highest BCUT2D eigenvalue weighted by Gasteiger charge is 2.16. The molecule has 116 valence electrons. The fourth-order valence-corrected chi connectivity index (χ4v) is 2.01. The van der Waals surface area contributed by atoms with Gasteiger partial charge in [0.25, 0.3) is 0 Å². The standard InChI is InChI=1S/C18H21NO3/c1-5-13(4)9-19-18(15(10-20)12(2)3)14-6-7-16-17(8-14)22-11-21-16/h6-10,13H,2,5,11H2,1,3-4H3/b18-15-,19-9?. The van der Waals surface area contributed by atoms with Gasteiger partial charge in [-0.3, -0.25) is 9.79 Å². The summed E-state index contributed by atoms with van der Waals surface area (Å²) in [5.41, 5.74) is 2.61. The number of ether oxygens (including phenoxy) is 2. The number of nitrogens with zero attached hydrogens (tertiary/aromatic N) is 1. The number of carbonyl (C=O) groups is 1. The zero-order chi connectivity index (χ0) is 16.1. The van der Waals surface area contributed by atoms with E-state index in [1.54, 1.807) is 6.92 Å². The van der Waals surface area contributed by atoms with E-state index >= 15 is 0 Å². The van der Waals surface area contributed by atoms with Crippen LogP contribution in [0.1, 0.15) is 32.8 Å². The van der Waals surface area contributed by atoms with Crippen molar-refractivity contribution in [2.45, 2.75) is 27.2 Å². The molecule has 0 aliphatic carbocycles. The first-order chi connectivity index (χ1) is 10.6. The minimum atomic E-state index is 0.217.